The van der Waals surface area contributed by atoms with E-state index in [9.17, 15) is 21.6 Å². The predicted molar refractivity (Wildman–Crippen MR) is 130 cm³/mol. The van der Waals surface area contributed by atoms with E-state index in [1.54, 1.807) is 23.5 Å². The monoisotopic (exact) mass is 529 g/mol. The number of aromatic amines is 1. The third kappa shape index (κ3) is 5.26. The van der Waals surface area contributed by atoms with Crippen LogP contribution < -0.4 is 14.4 Å². The van der Waals surface area contributed by atoms with E-state index in [4.69, 9.17) is 9.47 Å². The average molecular weight is 530 g/mol. The molecule has 4 aromatic rings. The van der Waals surface area contributed by atoms with Crippen molar-refractivity contribution >= 4 is 33.0 Å². The Bertz CT molecular complexity index is 1630. The van der Waals surface area contributed by atoms with Gasteiger partial charge in [-0.15, -0.1) is 0 Å². The summed E-state index contributed by atoms with van der Waals surface area (Å²) in [4.78, 5) is 17.3. The first-order valence-electron chi connectivity index (χ1n) is 10.7. The van der Waals surface area contributed by atoms with Crippen molar-refractivity contribution < 1.29 is 31.1 Å². The van der Waals surface area contributed by atoms with Crippen LogP contribution in [0.3, 0.4) is 0 Å². The number of hydrogen-bond donors (Lipinski definition) is 1. The molecule has 1 aliphatic heterocycles. The molecule has 1 N–H and O–H groups in total. The molecule has 0 unspecified atom stereocenters. The van der Waals surface area contributed by atoms with Crippen molar-refractivity contribution in [3.8, 4) is 23.0 Å². The lowest BCUT2D eigenvalue weighted by atomic mass is 10.2. The molecular formula is C24H18F3N5O4S. The average Bonchev–Trinajstić information content (AvgIpc) is 3.27. The molecule has 0 aliphatic carbocycles. The van der Waals surface area contributed by atoms with Gasteiger partial charge < -0.3 is 19.4 Å². The molecule has 9 nitrogen and oxygen atoms in total. The van der Waals surface area contributed by atoms with Crippen molar-refractivity contribution in [1.82, 2.24) is 15.0 Å². The Labute approximate surface area is 208 Å². The van der Waals surface area contributed by atoms with Crippen LogP contribution in [0, 0.1) is 0 Å². The van der Waals surface area contributed by atoms with Crippen LogP contribution in [0.4, 0.5) is 19.1 Å². The summed E-state index contributed by atoms with van der Waals surface area (Å²) in [7, 11) is -3.53. The molecule has 0 saturated heterocycles. The zero-order valence-corrected chi connectivity index (χ0v) is 19.9. The molecule has 0 atom stereocenters. The summed E-state index contributed by atoms with van der Waals surface area (Å²) in [6.45, 7) is 0.473. The molecule has 37 heavy (non-hydrogen) atoms. The van der Waals surface area contributed by atoms with Crippen LogP contribution in [0.15, 0.2) is 77.1 Å². The lowest BCUT2D eigenvalue weighted by Gasteiger charge is -2.16. The van der Waals surface area contributed by atoms with E-state index < -0.39 is 27.3 Å². The number of imidazole rings is 1. The number of fused-ring (bicyclic) bond motifs is 1. The number of nitrogens with one attached hydrogen (secondary N) is 1. The van der Waals surface area contributed by atoms with Gasteiger partial charge in [0.15, 0.2) is 26.4 Å². The summed E-state index contributed by atoms with van der Waals surface area (Å²) in [5, 5.41) is -0.151. The highest BCUT2D eigenvalue weighted by Crippen LogP contribution is 2.42. The van der Waals surface area contributed by atoms with Crippen LogP contribution in [0.1, 0.15) is 5.56 Å². The van der Waals surface area contributed by atoms with Crippen LogP contribution in [0.2, 0.25) is 0 Å². The summed E-state index contributed by atoms with van der Waals surface area (Å²) in [6.07, 6.45) is 2.59. The number of nitrogens with zero attached hydrogens (tertiary/aromatic N) is 4. The third-order valence-electron chi connectivity index (χ3n) is 5.25. The lowest BCUT2D eigenvalue weighted by Crippen LogP contribution is -2.21. The Morgan fingerprint density at radius 1 is 1.03 bits per heavy atom. The van der Waals surface area contributed by atoms with E-state index in [0.717, 1.165) is 12.3 Å². The van der Waals surface area contributed by atoms with E-state index in [1.807, 2.05) is 0 Å². The SMILES string of the molecule is CS(=O)(=O)c1ccc(Oc2cc3[nH]c(N4C=CN=CC4)nc3cc2Oc2ccccc2C(F)(F)F)cn1. The molecule has 5 rings (SSSR count). The molecule has 2 aromatic carbocycles. The number of ether oxygens (including phenoxy) is 2. The Morgan fingerprint density at radius 3 is 2.49 bits per heavy atom. The number of sulfone groups is 1. The van der Waals surface area contributed by atoms with Crippen molar-refractivity contribution in [2.45, 2.75) is 11.2 Å². The molecule has 1 aliphatic rings. The highest BCUT2D eigenvalue weighted by Gasteiger charge is 2.34. The second-order valence-electron chi connectivity index (χ2n) is 7.96. The van der Waals surface area contributed by atoms with Crippen LogP contribution in [0.5, 0.6) is 23.0 Å². The number of H-pyrrole nitrogens is 1. The van der Waals surface area contributed by atoms with E-state index in [2.05, 4.69) is 19.9 Å². The highest BCUT2D eigenvalue weighted by molar-refractivity contribution is 7.90. The van der Waals surface area contributed by atoms with Gasteiger partial charge >= 0.3 is 6.18 Å². The summed E-state index contributed by atoms with van der Waals surface area (Å²) >= 11 is 0. The lowest BCUT2D eigenvalue weighted by molar-refractivity contribution is -0.138. The van der Waals surface area contributed by atoms with Crippen molar-refractivity contribution in [2.24, 2.45) is 4.99 Å². The number of aromatic nitrogens is 3. The standard InChI is InChI=1S/C24H18F3N5O4S/c1-37(33,34)22-7-6-15(14-29-22)35-20-12-17-18(31-23(30-17)32-10-8-28-9-11-32)13-21(20)36-19-5-3-2-4-16(19)24(25,26)27/h2-10,12-14H,11H2,1H3,(H,30,31). The van der Waals surface area contributed by atoms with Gasteiger partial charge in [-0.05, 0) is 24.3 Å². The van der Waals surface area contributed by atoms with Gasteiger partial charge in [-0.2, -0.15) is 13.2 Å². The molecule has 13 heteroatoms. The topological polar surface area (TPSA) is 110 Å². The number of hydrogen-bond acceptors (Lipinski definition) is 8. The van der Waals surface area contributed by atoms with Gasteiger partial charge in [0.05, 0.1) is 29.3 Å². The van der Waals surface area contributed by atoms with E-state index in [-0.39, 0.29) is 22.3 Å². The largest absolute Gasteiger partial charge is 0.453 e. The van der Waals surface area contributed by atoms with Gasteiger partial charge in [0, 0.05) is 37.0 Å². The highest BCUT2D eigenvalue weighted by atomic mass is 32.2. The maximum absolute atomic E-state index is 13.6. The smallest absolute Gasteiger partial charge is 0.419 e. The molecule has 0 spiro atoms. The molecule has 0 bridgehead atoms. The van der Waals surface area contributed by atoms with Gasteiger partial charge in [0.25, 0.3) is 0 Å². The number of anilines is 1. The molecule has 0 fully saturated rings. The fourth-order valence-electron chi connectivity index (χ4n) is 3.51. The molecule has 0 amide bonds. The summed E-state index contributed by atoms with van der Waals surface area (Å²) in [6, 6.07) is 10.4. The van der Waals surface area contributed by atoms with Crippen LogP contribution >= 0.6 is 0 Å². The van der Waals surface area contributed by atoms with Crippen LogP contribution in [-0.2, 0) is 16.0 Å². The second-order valence-corrected chi connectivity index (χ2v) is 9.92. The predicted octanol–water partition coefficient (Wildman–Crippen LogP) is 5.33. The van der Waals surface area contributed by atoms with Crippen molar-refractivity contribution in [1.29, 1.82) is 0 Å². The zero-order chi connectivity index (χ0) is 26.2. The number of pyridine rings is 1. The maximum atomic E-state index is 13.6. The maximum Gasteiger partial charge on any atom is 0.419 e. The quantitative estimate of drug-likeness (QED) is 0.360. The van der Waals surface area contributed by atoms with E-state index >= 15 is 0 Å². The van der Waals surface area contributed by atoms with Crippen molar-refractivity contribution in [2.75, 3.05) is 17.7 Å². The van der Waals surface area contributed by atoms with Gasteiger partial charge in [-0.1, -0.05) is 12.1 Å². The van der Waals surface area contributed by atoms with Crippen LogP contribution in [0.25, 0.3) is 11.0 Å². The Hall–Kier alpha value is -4.39. The Kier molecular flexibility index (Phi) is 6.07. The number of rotatable bonds is 6. The van der Waals surface area contributed by atoms with E-state index in [1.165, 1.54) is 48.7 Å². The Balaban J connectivity index is 1.57. The first kappa shape index (κ1) is 24.3. The zero-order valence-electron chi connectivity index (χ0n) is 19.1. The third-order valence-corrected chi connectivity index (χ3v) is 6.25. The molecule has 190 valence electrons. The van der Waals surface area contributed by atoms with Gasteiger partial charge in [-0.3, -0.25) is 4.99 Å². The minimum atomic E-state index is -4.64. The minimum Gasteiger partial charge on any atom is -0.453 e. The fraction of sp³-hybridized carbons (Fsp3) is 0.125. The molecular weight excluding hydrogens is 511 g/mol. The first-order chi connectivity index (χ1) is 17.6. The summed E-state index contributed by atoms with van der Waals surface area (Å²) in [5.41, 5.74) is -0.0120. The normalized spacial score (nSPS) is 13.8. The van der Waals surface area contributed by atoms with Crippen molar-refractivity contribution in [3.05, 3.63) is 72.7 Å². The number of benzene rings is 2. The summed E-state index contributed by atoms with van der Waals surface area (Å²) < 4.78 is 75.8. The number of halogens is 3. The number of para-hydroxylation sites is 1. The fourth-order valence-corrected chi connectivity index (χ4v) is 4.07. The first-order valence-corrected chi connectivity index (χ1v) is 12.6. The van der Waals surface area contributed by atoms with Gasteiger partial charge in [0.1, 0.15) is 11.5 Å². The molecule has 3 heterocycles. The van der Waals surface area contributed by atoms with Crippen LogP contribution in [-0.4, -0.2) is 42.4 Å². The Morgan fingerprint density at radius 2 is 1.81 bits per heavy atom. The number of aliphatic imine (C=N–C) groups is 1. The van der Waals surface area contributed by atoms with Crippen molar-refractivity contribution in [3.63, 3.8) is 0 Å². The summed E-state index contributed by atoms with van der Waals surface area (Å²) in [5.74, 6) is 0.233. The second kappa shape index (κ2) is 9.24. The van der Waals surface area contributed by atoms with Gasteiger partial charge in [-0.25, -0.2) is 18.4 Å². The minimum absolute atomic E-state index is 0.0369. The van der Waals surface area contributed by atoms with E-state index in [0.29, 0.717) is 23.5 Å². The van der Waals surface area contributed by atoms with Gasteiger partial charge in [0.2, 0.25) is 5.95 Å². The molecule has 2 aromatic heterocycles. The molecule has 0 saturated carbocycles. The number of alkyl halides is 3. The molecule has 0 radical (unpaired) electrons.